The summed E-state index contributed by atoms with van der Waals surface area (Å²) >= 11 is 6.08. The third-order valence-corrected chi connectivity index (χ3v) is 4.31. The third kappa shape index (κ3) is 4.15. The lowest BCUT2D eigenvalue weighted by Crippen LogP contribution is -2.26. The highest BCUT2D eigenvalue weighted by Crippen LogP contribution is 2.25. The first-order valence-corrected chi connectivity index (χ1v) is 8.27. The van der Waals surface area contributed by atoms with Crippen LogP contribution in [0.3, 0.4) is 0 Å². The van der Waals surface area contributed by atoms with Gasteiger partial charge in [0.05, 0.1) is 4.92 Å². The molecule has 3 rings (SSSR count). The predicted molar refractivity (Wildman–Crippen MR) is 98.0 cm³/mol. The second-order valence-electron chi connectivity index (χ2n) is 5.86. The van der Waals surface area contributed by atoms with Gasteiger partial charge in [-0.25, -0.2) is 4.39 Å². The van der Waals surface area contributed by atoms with E-state index in [9.17, 15) is 19.3 Å². The summed E-state index contributed by atoms with van der Waals surface area (Å²) in [6.45, 7) is 0.0753. The molecule has 1 amide bonds. The Morgan fingerprint density at radius 2 is 1.89 bits per heavy atom. The van der Waals surface area contributed by atoms with Gasteiger partial charge in [0.2, 0.25) is 0 Å². The maximum Gasteiger partial charge on any atom is 0.289 e. The molecule has 0 unspecified atom stereocenters. The van der Waals surface area contributed by atoms with E-state index in [-0.39, 0.29) is 23.8 Å². The Labute approximate surface area is 158 Å². The first kappa shape index (κ1) is 18.6. The van der Waals surface area contributed by atoms with Crippen molar-refractivity contribution < 1.29 is 18.5 Å². The van der Waals surface area contributed by atoms with E-state index in [1.807, 2.05) is 0 Å². The van der Waals surface area contributed by atoms with Crippen molar-refractivity contribution in [2.75, 3.05) is 7.05 Å². The number of nitrogens with zero attached hydrogens (tertiary/aromatic N) is 2. The molecule has 0 aliphatic rings. The molecule has 3 aromatic rings. The van der Waals surface area contributed by atoms with Crippen molar-refractivity contribution in [1.82, 2.24) is 4.90 Å². The van der Waals surface area contributed by atoms with Gasteiger partial charge in [0, 0.05) is 36.3 Å². The normalized spacial score (nSPS) is 10.6. The van der Waals surface area contributed by atoms with Gasteiger partial charge in [0.1, 0.15) is 11.6 Å². The topological polar surface area (TPSA) is 76.6 Å². The lowest BCUT2D eigenvalue weighted by Gasteiger charge is -2.16. The lowest BCUT2D eigenvalue weighted by molar-refractivity contribution is -0.384. The van der Waals surface area contributed by atoms with Crippen molar-refractivity contribution in [3.63, 3.8) is 0 Å². The lowest BCUT2D eigenvalue weighted by atomic mass is 10.2. The molecule has 0 aliphatic carbocycles. The van der Waals surface area contributed by atoms with E-state index in [2.05, 4.69) is 0 Å². The van der Waals surface area contributed by atoms with Crippen LogP contribution in [0.15, 0.2) is 59.0 Å². The van der Waals surface area contributed by atoms with Crippen LogP contribution in [0.5, 0.6) is 0 Å². The van der Waals surface area contributed by atoms with E-state index in [0.29, 0.717) is 21.9 Å². The highest BCUT2D eigenvalue weighted by Gasteiger charge is 2.19. The highest BCUT2D eigenvalue weighted by molar-refractivity contribution is 6.31. The smallest absolute Gasteiger partial charge is 0.289 e. The fourth-order valence-electron chi connectivity index (χ4n) is 2.53. The van der Waals surface area contributed by atoms with Crippen molar-refractivity contribution in [3.05, 3.63) is 86.9 Å². The van der Waals surface area contributed by atoms with Crippen LogP contribution < -0.4 is 0 Å². The minimum atomic E-state index is -0.525. The Hall–Kier alpha value is -3.19. The van der Waals surface area contributed by atoms with Crippen LogP contribution in [0.25, 0.3) is 11.3 Å². The van der Waals surface area contributed by atoms with Crippen molar-refractivity contribution in [1.29, 1.82) is 0 Å². The molecule has 0 radical (unpaired) electrons. The molecule has 2 aromatic carbocycles. The minimum Gasteiger partial charge on any atom is -0.451 e. The largest absolute Gasteiger partial charge is 0.451 e. The summed E-state index contributed by atoms with van der Waals surface area (Å²) in [7, 11) is 1.54. The second kappa shape index (κ2) is 7.59. The second-order valence-corrected chi connectivity index (χ2v) is 6.27. The number of nitro benzene ring substituents is 1. The molecule has 0 saturated heterocycles. The molecule has 1 heterocycles. The molecule has 0 spiro atoms. The Kier molecular flexibility index (Phi) is 5.23. The van der Waals surface area contributed by atoms with E-state index < -0.39 is 10.8 Å². The van der Waals surface area contributed by atoms with Gasteiger partial charge < -0.3 is 9.32 Å². The number of benzene rings is 2. The van der Waals surface area contributed by atoms with Crippen LogP contribution >= 0.6 is 11.6 Å². The fraction of sp³-hybridized carbons (Fsp3) is 0.105. The average molecular weight is 389 g/mol. The molecule has 0 atom stereocenters. The number of non-ortho nitro benzene ring substituents is 1. The SMILES string of the molecule is CN(Cc1cc([N+](=O)[O-])ccc1Cl)C(=O)c1ccc(-c2ccc(F)cc2)o1. The standard InChI is InChI=1S/C19H14ClFN2O4/c1-22(11-13-10-15(23(25)26)6-7-16(13)20)19(24)18-9-8-17(27-18)12-2-4-14(21)5-3-12/h2-10H,11H2,1H3. The van der Waals surface area contributed by atoms with Gasteiger partial charge in [-0.05, 0) is 48.0 Å². The molecule has 6 nitrogen and oxygen atoms in total. The van der Waals surface area contributed by atoms with Gasteiger partial charge in [-0.3, -0.25) is 14.9 Å². The molecule has 0 saturated carbocycles. The molecule has 0 fully saturated rings. The van der Waals surface area contributed by atoms with Crippen LogP contribution in [0.2, 0.25) is 5.02 Å². The maximum absolute atomic E-state index is 13.0. The molecule has 8 heteroatoms. The Morgan fingerprint density at radius 1 is 1.19 bits per heavy atom. The van der Waals surface area contributed by atoms with Gasteiger partial charge in [0.25, 0.3) is 11.6 Å². The van der Waals surface area contributed by atoms with Gasteiger partial charge in [-0.15, -0.1) is 0 Å². The van der Waals surface area contributed by atoms with Crippen molar-refractivity contribution in [2.24, 2.45) is 0 Å². The number of nitro groups is 1. The molecule has 0 aliphatic heterocycles. The minimum absolute atomic E-state index is 0.0753. The van der Waals surface area contributed by atoms with Gasteiger partial charge in [-0.1, -0.05) is 11.6 Å². The number of rotatable bonds is 5. The van der Waals surface area contributed by atoms with Crippen molar-refractivity contribution in [3.8, 4) is 11.3 Å². The summed E-state index contributed by atoms with van der Waals surface area (Å²) in [5.41, 5.74) is 0.985. The Balaban J connectivity index is 1.77. The van der Waals surface area contributed by atoms with E-state index >= 15 is 0 Å². The molecule has 0 N–H and O–H groups in total. The average Bonchev–Trinajstić information content (AvgIpc) is 3.13. The predicted octanol–water partition coefficient (Wildman–Crippen LogP) is 4.92. The first-order chi connectivity index (χ1) is 12.8. The zero-order chi connectivity index (χ0) is 19.6. The summed E-state index contributed by atoms with van der Waals surface area (Å²) in [6, 6.07) is 12.9. The van der Waals surface area contributed by atoms with E-state index in [0.717, 1.165) is 0 Å². The van der Waals surface area contributed by atoms with Crippen LogP contribution in [0, 0.1) is 15.9 Å². The maximum atomic E-state index is 13.0. The van der Waals surface area contributed by atoms with Crippen LogP contribution in [-0.2, 0) is 6.54 Å². The number of hydrogen-bond donors (Lipinski definition) is 0. The summed E-state index contributed by atoms with van der Waals surface area (Å²) in [6.07, 6.45) is 0. The Morgan fingerprint density at radius 3 is 2.56 bits per heavy atom. The van der Waals surface area contributed by atoms with Crippen molar-refractivity contribution in [2.45, 2.75) is 6.54 Å². The number of hydrogen-bond acceptors (Lipinski definition) is 4. The van der Waals surface area contributed by atoms with Crippen molar-refractivity contribution >= 4 is 23.2 Å². The van der Waals surface area contributed by atoms with Crippen LogP contribution in [0.4, 0.5) is 10.1 Å². The van der Waals surface area contributed by atoms with Crippen LogP contribution in [0.1, 0.15) is 16.1 Å². The molecular formula is C19H14ClFN2O4. The molecule has 138 valence electrons. The number of amides is 1. The third-order valence-electron chi connectivity index (χ3n) is 3.94. The first-order valence-electron chi connectivity index (χ1n) is 7.89. The summed E-state index contributed by atoms with van der Waals surface area (Å²) in [5, 5.41) is 11.2. The number of carbonyl (C=O) groups excluding carboxylic acids is 1. The fourth-order valence-corrected chi connectivity index (χ4v) is 2.71. The highest BCUT2D eigenvalue weighted by atomic mass is 35.5. The van der Waals surface area contributed by atoms with Gasteiger partial charge in [-0.2, -0.15) is 0 Å². The van der Waals surface area contributed by atoms with E-state index in [1.165, 1.54) is 48.3 Å². The molecular weight excluding hydrogens is 375 g/mol. The zero-order valence-corrected chi connectivity index (χ0v) is 14.9. The van der Waals surface area contributed by atoms with E-state index in [1.54, 1.807) is 18.2 Å². The zero-order valence-electron chi connectivity index (χ0n) is 14.2. The summed E-state index contributed by atoms with van der Waals surface area (Å²) in [4.78, 5) is 24.3. The number of halogens is 2. The van der Waals surface area contributed by atoms with E-state index in [4.69, 9.17) is 16.0 Å². The Bertz CT molecular complexity index is 1000. The number of furan rings is 1. The molecule has 0 bridgehead atoms. The molecule has 1 aromatic heterocycles. The molecule has 27 heavy (non-hydrogen) atoms. The summed E-state index contributed by atoms with van der Waals surface area (Å²) in [5.74, 6) is -0.250. The quantitative estimate of drug-likeness (QED) is 0.459. The number of carbonyl (C=O) groups is 1. The van der Waals surface area contributed by atoms with Crippen LogP contribution in [-0.4, -0.2) is 22.8 Å². The van der Waals surface area contributed by atoms with Gasteiger partial charge >= 0.3 is 0 Å². The summed E-state index contributed by atoms with van der Waals surface area (Å²) < 4.78 is 18.6. The monoisotopic (exact) mass is 388 g/mol. The van der Waals surface area contributed by atoms with Gasteiger partial charge in [0.15, 0.2) is 5.76 Å².